The number of hydrogen-bond donors (Lipinski definition) is 4. The molecule has 0 atom stereocenters. The molecule has 3 amide bonds. The Morgan fingerprint density at radius 1 is 1.13 bits per heavy atom. The molecule has 2 heterocycles. The van der Waals surface area contributed by atoms with Crippen LogP contribution in [0.4, 0.5) is 32.1 Å². The van der Waals surface area contributed by atoms with Crippen LogP contribution in [0.1, 0.15) is 15.9 Å². The van der Waals surface area contributed by atoms with Gasteiger partial charge < -0.3 is 26.6 Å². The molecule has 0 saturated carbocycles. The molecule has 1 aromatic carbocycles. The van der Waals surface area contributed by atoms with Crippen molar-refractivity contribution in [3.05, 3.63) is 71.9 Å². The summed E-state index contributed by atoms with van der Waals surface area (Å²) in [5.74, 6) is -0.796. The van der Waals surface area contributed by atoms with Gasteiger partial charge in [-0.05, 0) is 29.8 Å². The fraction of sp³-hybridized carbons (Fsp3) is 0.143. The average Bonchev–Trinajstić information content (AvgIpc) is 2.75. The van der Waals surface area contributed by atoms with Crippen LogP contribution < -0.4 is 21.7 Å². The van der Waals surface area contributed by atoms with Gasteiger partial charge in [-0.2, -0.15) is 0 Å². The minimum atomic E-state index is -0.622. The molecule has 0 saturated heterocycles. The smallest absolute Gasteiger partial charge is 0.321 e. The fourth-order valence-corrected chi connectivity index (χ4v) is 2.64. The van der Waals surface area contributed by atoms with Gasteiger partial charge in [-0.25, -0.2) is 14.2 Å². The van der Waals surface area contributed by atoms with Crippen LogP contribution in [0.2, 0.25) is 0 Å². The molecule has 5 N–H and O–H groups in total. The Hall–Kier alpha value is -4.21. The summed E-state index contributed by atoms with van der Waals surface area (Å²) in [7, 11) is 3.11. The number of nitrogens with one attached hydrogen (secondary N) is 3. The largest absolute Gasteiger partial charge is 0.380 e. The second kappa shape index (κ2) is 9.53. The number of benzene rings is 1. The van der Waals surface area contributed by atoms with Crippen molar-refractivity contribution in [2.75, 3.05) is 30.0 Å². The first kappa shape index (κ1) is 21.5. The third-order valence-corrected chi connectivity index (χ3v) is 4.26. The third-order valence-electron chi connectivity index (χ3n) is 4.26. The summed E-state index contributed by atoms with van der Waals surface area (Å²) in [5, 5.41) is 8.67. The summed E-state index contributed by atoms with van der Waals surface area (Å²) in [6, 6.07) is 9.06. The van der Waals surface area contributed by atoms with Crippen molar-refractivity contribution in [1.82, 2.24) is 14.9 Å². The summed E-state index contributed by atoms with van der Waals surface area (Å²) < 4.78 is 14.1. The highest BCUT2D eigenvalue weighted by Gasteiger charge is 2.13. The highest BCUT2D eigenvalue weighted by molar-refractivity contribution is 5.98. The van der Waals surface area contributed by atoms with Crippen LogP contribution in [0, 0.1) is 5.82 Å². The van der Waals surface area contributed by atoms with Crippen LogP contribution in [-0.4, -0.2) is 40.9 Å². The first-order valence-electron chi connectivity index (χ1n) is 9.31. The Labute approximate surface area is 178 Å². The zero-order valence-electron chi connectivity index (χ0n) is 17.0. The third kappa shape index (κ3) is 5.66. The lowest BCUT2D eigenvalue weighted by Crippen LogP contribution is -2.27. The van der Waals surface area contributed by atoms with Gasteiger partial charge in [0.2, 0.25) is 0 Å². The van der Waals surface area contributed by atoms with Crippen molar-refractivity contribution in [3.8, 4) is 0 Å². The topological polar surface area (TPSA) is 125 Å². The van der Waals surface area contributed by atoms with Gasteiger partial charge in [0.1, 0.15) is 11.6 Å². The molecule has 31 heavy (non-hydrogen) atoms. The van der Waals surface area contributed by atoms with Crippen LogP contribution in [0.25, 0.3) is 0 Å². The summed E-state index contributed by atoms with van der Waals surface area (Å²) in [5.41, 5.74) is 7.60. The van der Waals surface area contributed by atoms with E-state index in [1.165, 1.54) is 29.3 Å². The fourth-order valence-electron chi connectivity index (χ4n) is 2.64. The second-order valence-electron chi connectivity index (χ2n) is 6.84. The Balaban J connectivity index is 1.81. The maximum Gasteiger partial charge on any atom is 0.321 e. The molecule has 3 rings (SSSR count). The quantitative estimate of drug-likeness (QED) is 0.463. The first-order chi connectivity index (χ1) is 14.8. The summed E-state index contributed by atoms with van der Waals surface area (Å²) in [6.45, 7) is 0.425. The number of halogens is 1. The Morgan fingerprint density at radius 2 is 1.94 bits per heavy atom. The van der Waals surface area contributed by atoms with Crippen molar-refractivity contribution < 1.29 is 14.0 Å². The number of rotatable bonds is 7. The standard InChI is InChI=1S/C21H22FN7O2/c1-29(2)21(31)28-18-8-14(5-6-16(18)22)27-19-9-17(15(12-26-19)20(23)30)25-11-13-4-3-7-24-10-13/h3-10,12H,11H2,1-2H3,(H2,23,30)(H,28,31)(H2,25,26,27). The maximum atomic E-state index is 14.1. The number of urea groups is 1. The van der Waals surface area contributed by atoms with E-state index in [1.807, 2.05) is 12.1 Å². The van der Waals surface area contributed by atoms with Crippen molar-refractivity contribution in [3.63, 3.8) is 0 Å². The minimum Gasteiger partial charge on any atom is -0.380 e. The van der Waals surface area contributed by atoms with E-state index in [1.54, 1.807) is 32.6 Å². The molecule has 0 unspecified atom stereocenters. The number of amides is 3. The summed E-state index contributed by atoms with van der Waals surface area (Å²) in [4.78, 5) is 33.1. The van der Waals surface area contributed by atoms with Crippen LogP contribution in [-0.2, 0) is 6.54 Å². The second-order valence-corrected chi connectivity index (χ2v) is 6.84. The van der Waals surface area contributed by atoms with Gasteiger partial charge in [-0.3, -0.25) is 9.78 Å². The summed E-state index contributed by atoms with van der Waals surface area (Å²) in [6.07, 6.45) is 4.73. The van der Waals surface area contributed by atoms with Gasteiger partial charge >= 0.3 is 6.03 Å². The van der Waals surface area contributed by atoms with Crippen molar-refractivity contribution in [2.45, 2.75) is 6.54 Å². The van der Waals surface area contributed by atoms with Gasteiger partial charge in [-0.1, -0.05) is 6.07 Å². The lowest BCUT2D eigenvalue weighted by Gasteiger charge is -2.15. The highest BCUT2D eigenvalue weighted by atomic mass is 19.1. The Bertz CT molecular complexity index is 1090. The number of primary amides is 1. The molecule has 0 aliphatic carbocycles. The van der Waals surface area contributed by atoms with E-state index < -0.39 is 17.8 Å². The molecule has 0 aliphatic heterocycles. The van der Waals surface area contributed by atoms with Crippen LogP contribution in [0.5, 0.6) is 0 Å². The number of nitrogens with zero attached hydrogens (tertiary/aromatic N) is 3. The molecule has 9 nitrogen and oxygen atoms in total. The van der Waals surface area contributed by atoms with Crippen LogP contribution in [0.3, 0.4) is 0 Å². The molecule has 0 bridgehead atoms. The number of nitrogens with two attached hydrogens (primary N) is 1. The van der Waals surface area contributed by atoms with Crippen molar-refractivity contribution in [1.29, 1.82) is 0 Å². The summed E-state index contributed by atoms with van der Waals surface area (Å²) >= 11 is 0. The predicted octanol–water partition coefficient (Wildman–Crippen LogP) is 3.16. The molecular weight excluding hydrogens is 401 g/mol. The molecule has 2 aromatic heterocycles. The van der Waals surface area contributed by atoms with E-state index in [0.29, 0.717) is 23.7 Å². The molecule has 10 heteroatoms. The van der Waals surface area contributed by atoms with E-state index in [0.717, 1.165) is 5.56 Å². The van der Waals surface area contributed by atoms with Crippen LogP contribution >= 0.6 is 0 Å². The molecule has 0 aliphatic rings. The van der Waals surface area contributed by atoms with E-state index in [2.05, 4.69) is 25.9 Å². The van der Waals surface area contributed by atoms with E-state index in [4.69, 9.17) is 5.73 Å². The predicted molar refractivity (Wildman–Crippen MR) is 117 cm³/mol. The van der Waals surface area contributed by atoms with Gasteiger partial charge in [0.25, 0.3) is 5.91 Å². The molecule has 0 fully saturated rings. The van der Waals surface area contributed by atoms with Gasteiger partial charge in [-0.15, -0.1) is 0 Å². The molecule has 0 radical (unpaired) electrons. The lowest BCUT2D eigenvalue weighted by atomic mass is 10.2. The molecular formula is C21H22FN7O2. The van der Waals surface area contributed by atoms with Crippen molar-refractivity contribution in [2.24, 2.45) is 5.73 Å². The molecule has 3 aromatic rings. The van der Waals surface area contributed by atoms with E-state index in [-0.39, 0.29) is 11.3 Å². The average molecular weight is 423 g/mol. The number of aromatic nitrogens is 2. The number of carbonyl (C=O) groups excluding carboxylic acids is 2. The van der Waals surface area contributed by atoms with Crippen LogP contribution in [0.15, 0.2) is 55.0 Å². The Kier molecular flexibility index (Phi) is 6.61. The highest BCUT2D eigenvalue weighted by Crippen LogP contribution is 2.25. The maximum absolute atomic E-state index is 14.1. The zero-order valence-corrected chi connectivity index (χ0v) is 17.0. The first-order valence-corrected chi connectivity index (χ1v) is 9.31. The molecule has 0 spiro atoms. The zero-order chi connectivity index (χ0) is 22.4. The SMILES string of the molecule is CN(C)C(=O)Nc1cc(Nc2cc(NCc3cccnc3)c(C(N)=O)cn2)ccc1F. The van der Waals surface area contributed by atoms with E-state index in [9.17, 15) is 14.0 Å². The normalized spacial score (nSPS) is 10.3. The Morgan fingerprint density at radius 3 is 2.61 bits per heavy atom. The number of hydrogen-bond acceptors (Lipinski definition) is 6. The molecule has 160 valence electrons. The number of carbonyl (C=O) groups is 2. The van der Waals surface area contributed by atoms with Gasteiger partial charge in [0.15, 0.2) is 0 Å². The van der Waals surface area contributed by atoms with Gasteiger partial charge in [0, 0.05) is 51.0 Å². The van der Waals surface area contributed by atoms with E-state index >= 15 is 0 Å². The minimum absolute atomic E-state index is 0.0207. The monoisotopic (exact) mass is 423 g/mol. The van der Waals surface area contributed by atoms with Gasteiger partial charge in [0.05, 0.1) is 16.9 Å². The number of anilines is 4. The van der Waals surface area contributed by atoms with Crippen molar-refractivity contribution >= 4 is 34.8 Å². The number of pyridine rings is 2. The lowest BCUT2D eigenvalue weighted by molar-refractivity contribution is 0.100.